The van der Waals surface area contributed by atoms with Gasteiger partial charge in [-0.05, 0) is 55.9 Å². The summed E-state index contributed by atoms with van der Waals surface area (Å²) in [5.74, 6) is 0.150. The Labute approximate surface area is 159 Å². The molecule has 2 aliphatic rings. The Morgan fingerprint density at radius 3 is 2.78 bits per heavy atom. The number of aromatic amines is 1. The summed E-state index contributed by atoms with van der Waals surface area (Å²) in [7, 11) is 0. The highest BCUT2D eigenvalue weighted by Gasteiger charge is 2.28. The van der Waals surface area contributed by atoms with Gasteiger partial charge in [-0.3, -0.25) is 4.79 Å². The van der Waals surface area contributed by atoms with Crippen LogP contribution in [0.5, 0.6) is 0 Å². The van der Waals surface area contributed by atoms with E-state index in [9.17, 15) is 4.79 Å². The lowest BCUT2D eigenvalue weighted by Crippen LogP contribution is -2.31. The van der Waals surface area contributed by atoms with Crippen LogP contribution in [-0.4, -0.2) is 34.9 Å². The highest BCUT2D eigenvalue weighted by Crippen LogP contribution is 2.31. The SMILES string of the molecule is O=C(c1cccc2c3c([nH]c12)CCCC3)N1CCC(Nc2ccccc2)C1. The van der Waals surface area contributed by atoms with E-state index in [1.807, 2.05) is 35.2 Å². The van der Waals surface area contributed by atoms with Crippen molar-refractivity contribution in [1.29, 1.82) is 0 Å². The number of anilines is 1. The van der Waals surface area contributed by atoms with E-state index in [0.29, 0.717) is 6.04 Å². The average molecular weight is 359 g/mol. The monoisotopic (exact) mass is 359 g/mol. The molecule has 1 aliphatic heterocycles. The molecule has 1 aromatic heterocycles. The van der Waals surface area contributed by atoms with Crippen molar-refractivity contribution in [3.63, 3.8) is 0 Å². The molecule has 0 saturated carbocycles. The van der Waals surface area contributed by atoms with Gasteiger partial charge in [0.05, 0.1) is 11.1 Å². The van der Waals surface area contributed by atoms with Crippen molar-refractivity contribution in [2.24, 2.45) is 0 Å². The van der Waals surface area contributed by atoms with Crippen LogP contribution in [0.1, 0.15) is 40.9 Å². The van der Waals surface area contributed by atoms with Gasteiger partial charge in [0, 0.05) is 35.9 Å². The summed E-state index contributed by atoms with van der Waals surface area (Å²) in [6.07, 6.45) is 5.70. The number of likely N-dealkylation sites (tertiary alicyclic amines) is 1. The maximum atomic E-state index is 13.2. The predicted octanol–water partition coefficient (Wildman–Crippen LogP) is 4.37. The minimum absolute atomic E-state index is 0.150. The van der Waals surface area contributed by atoms with Gasteiger partial charge < -0.3 is 15.2 Å². The van der Waals surface area contributed by atoms with Crippen LogP contribution >= 0.6 is 0 Å². The van der Waals surface area contributed by atoms with E-state index in [1.54, 1.807) is 0 Å². The fourth-order valence-electron chi connectivity index (χ4n) is 4.61. The molecule has 2 aromatic carbocycles. The Kier molecular flexibility index (Phi) is 4.12. The molecule has 0 spiro atoms. The van der Waals surface area contributed by atoms with Crippen molar-refractivity contribution < 1.29 is 4.79 Å². The van der Waals surface area contributed by atoms with Crippen LogP contribution in [0, 0.1) is 0 Å². The summed E-state index contributed by atoms with van der Waals surface area (Å²) in [4.78, 5) is 18.8. The number of fused-ring (bicyclic) bond motifs is 3. The number of carbonyl (C=O) groups excluding carboxylic acids is 1. The van der Waals surface area contributed by atoms with Gasteiger partial charge in [-0.25, -0.2) is 0 Å². The van der Waals surface area contributed by atoms with Crippen molar-refractivity contribution in [2.45, 2.75) is 38.1 Å². The molecule has 4 nitrogen and oxygen atoms in total. The number of aromatic nitrogens is 1. The van der Waals surface area contributed by atoms with Crippen LogP contribution in [0.25, 0.3) is 10.9 Å². The van der Waals surface area contributed by atoms with E-state index in [1.165, 1.54) is 29.5 Å². The van der Waals surface area contributed by atoms with Gasteiger partial charge in [-0.15, -0.1) is 0 Å². The van der Waals surface area contributed by atoms with Crippen LogP contribution in [0.2, 0.25) is 0 Å². The molecule has 138 valence electrons. The number of aryl methyl sites for hydroxylation is 2. The average Bonchev–Trinajstić information content (AvgIpc) is 3.32. The number of benzene rings is 2. The van der Waals surface area contributed by atoms with Crippen molar-refractivity contribution in [3.8, 4) is 0 Å². The zero-order valence-electron chi connectivity index (χ0n) is 15.5. The molecule has 1 unspecified atom stereocenters. The van der Waals surface area contributed by atoms with E-state index >= 15 is 0 Å². The van der Waals surface area contributed by atoms with Crippen LogP contribution in [0.4, 0.5) is 5.69 Å². The first-order chi connectivity index (χ1) is 13.3. The lowest BCUT2D eigenvalue weighted by molar-refractivity contribution is 0.0793. The minimum Gasteiger partial charge on any atom is -0.380 e. The molecule has 27 heavy (non-hydrogen) atoms. The van der Waals surface area contributed by atoms with Gasteiger partial charge in [-0.1, -0.05) is 30.3 Å². The molecule has 3 aromatic rings. The third-order valence-corrected chi connectivity index (χ3v) is 5.98. The highest BCUT2D eigenvalue weighted by molar-refractivity contribution is 6.07. The van der Waals surface area contributed by atoms with Crippen LogP contribution < -0.4 is 5.32 Å². The molecule has 2 heterocycles. The summed E-state index contributed by atoms with van der Waals surface area (Å²) < 4.78 is 0. The molecular formula is C23H25N3O. The van der Waals surface area contributed by atoms with Crippen LogP contribution in [0.15, 0.2) is 48.5 Å². The van der Waals surface area contributed by atoms with Crippen LogP contribution in [0.3, 0.4) is 0 Å². The molecule has 0 radical (unpaired) electrons. The lowest BCUT2D eigenvalue weighted by Gasteiger charge is -2.18. The van der Waals surface area contributed by atoms with Crippen molar-refractivity contribution in [3.05, 3.63) is 65.4 Å². The smallest absolute Gasteiger partial charge is 0.256 e. The standard InChI is InChI=1S/C23H25N3O/c27-23(26-14-13-17(15-26)24-16-7-2-1-3-8-16)20-11-6-10-19-18-9-4-5-12-21(18)25-22(19)20/h1-3,6-8,10-11,17,24-25H,4-5,9,12-15H2. The van der Waals surface area contributed by atoms with Crippen LogP contribution in [-0.2, 0) is 12.8 Å². The molecule has 1 fully saturated rings. The number of H-pyrrole nitrogens is 1. The van der Waals surface area contributed by atoms with E-state index in [2.05, 4.69) is 28.5 Å². The normalized spacial score (nSPS) is 19.3. The first-order valence-electron chi connectivity index (χ1n) is 10.0. The maximum absolute atomic E-state index is 13.2. The second kappa shape index (κ2) is 6.76. The largest absolute Gasteiger partial charge is 0.380 e. The third kappa shape index (κ3) is 2.99. The number of nitrogens with one attached hydrogen (secondary N) is 2. The quantitative estimate of drug-likeness (QED) is 0.729. The third-order valence-electron chi connectivity index (χ3n) is 5.98. The van der Waals surface area contributed by atoms with Gasteiger partial charge >= 0.3 is 0 Å². The Bertz CT molecular complexity index is 976. The molecule has 0 bridgehead atoms. The lowest BCUT2D eigenvalue weighted by atomic mass is 9.95. The molecular weight excluding hydrogens is 334 g/mol. The van der Waals surface area contributed by atoms with E-state index in [4.69, 9.17) is 0 Å². The fraction of sp³-hybridized carbons (Fsp3) is 0.348. The minimum atomic E-state index is 0.150. The summed E-state index contributed by atoms with van der Waals surface area (Å²) >= 11 is 0. The van der Waals surface area contributed by atoms with Gasteiger partial charge in [-0.2, -0.15) is 0 Å². The summed E-state index contributed by atoms with van der Waals surface area (Å²) in [6, 6.07) is 16.7. The van der Waals surface area contributed by atoms with E-state index in [0.717, 1.165) is 49.1 Å². The highest BCUT2D eigenvalue weighted by atomic mass is 16.2. The maximum Gasteiger partial charge on any atom is 0.256 e. The Hall–Kier alpha value is -2.75. The molecule has 5 rings (SSSR count). The number of hydrogen-bond acceptors (Lipinski definition) is 2. The Morgan fingerprint density at radius 2 is 1.89 bits per heavy atom. The molecule has 1 saturated heterocycles. The number of nitrogens with zero attached hydrogens (tertiary/aromatic N) is 1. The van der Waals surface area contributed by atoms with Gasteiger partial charge in [0.15, 0.2) is 0 Å². The second-order valence-electron chi connectivity index (χ2n) is 7.76. The number of amides is 1. The second-order valence-corrected chi connectivity index (χ2v) is 7.76. The Morgan fingerprint density at radius 1 is 1.04 bits per heavy atom. The number of carbonyl (C=O) groups is 1. The van der Waals surface area contributed by atoms with E-state index < -0.39 is 0 Å². The predicted molar refractivity (Wildman–Crippen MR) is 109 cm³/mol. The Balaban J connectivity index is 1.38. The number of hydrogen-bond donors (Lipinski definition) is 2. The van der Waals surface area contributed by atoms with Crippen molar-refractivity contribution in [2.75, 3.05) is 18.4 Å². The van der Waals surface area contributed by atoms with Gasteiger partial charge in [0.25, 0.3) is 5.91 Å². The molecule has 1 amide bonds. The molecule has 1 atom stereocenters. The molecule has 4 heteroatoms. The summed E-state index contributed by atoms with van der Waals surface area (Å²) in [5.41, 5.74) is 5.74. The zero-order valence-corrected chi connectivity index (χ0v) is 15.5. The van der Waals surface area contributed by atoms with Crippen molar-refractivity contribution >= 4 is 22.5 Å². The van der Waals surface area contributed by atoms with E-state index in [-0.39, 0.29) is 5.91 Å². The summed E-state index contributed by atoms with van der Waals surface area (Å²) in [5, 5.41) is 4.80. The first kappa shape index (κ1) is 16.4. The first-order valence-corrected chi connectivity index (χ1v) is 10.0. The fourth-order valence-corrected chi connectivity index (χ4v) is 4.61. The molecule has 1 aliphatic carbocycles. The topological polar surface area (TPSA) is 48.1 Å². The van der Waals surface area contributed by atoms with Gasteiger partial charge in [0.2, 0.25) is 0 Å². The molecule has 2 N–H and O–H groups in total. The van der Waals surface area contributed by atoms with Crippen molar-refractivity contribution in [1.82, 2.24) is 9.88 Å². The summed E-state index contributed by atoms with van der Waals surface area (Å²) in [6.45, 7) is 1.56. The number of para-hydroxylation sites is 2. The number of rotatable bonds is 3. The zero-order chi connectivity index (χ0) is 18.2. The van der Waals surface area contributed by atoms with Gasteiger partial charge in [0.1, 0.15) is 0 Å².